The van der Waals surface area contributed by atoms with Gasteiger partial charge in [0.25, 0.3) is 0 Å². The van der Waals surface area contributed by atoms with Gasteiger partial charge in [-0.25, -0.2) is 4.79 Å². The van der Waals surface area contributed by atoms with Crippen LogP contribution in [0.3, 0.4) is 0 Å². The first-order valence-electron chi connectivity index (χ1n) is 24.5. The number of cyclic esters (lactones) is 1. The van der Waals surface area contributed by atoms with Crippen molar-refractivity contribution in [2.75, 3.05) is 13.2 Å². The van der Waals surface area contributed by atoms with Gasteiger partial charge in [0.2, 0.25) is 0 Å². The molecule has 4 aliphatic carbocycles. The number of rotatable bonds is 10. The fraction of sp³-hybridized carbons (Fsp3) is 0.936. The van der Waals surface area contributed by atoms with E-state index in [1.807, 2.05) is 13.8 Å². The number of hydrogen-bond acceptors (Lipinski definition) is 19. The third-order valence-corrected chi connectivity index (χ3v) is 18.1. The van der Waals surface area contributed by atoms with E-state index in [0.29, 0.717) is 18.8 Å². The van der Waals surface area contributed by atoms with Gasteiger partial charge in [0.1, 0.15) is 49.3 Å². The lowest BCUT2D eigenvalue weighted by molar-refractivity contribution is -0.355. The van der Waals surface area contributed by atoms with Crippen LogP contribution in [0.15, 0.2) is 11.6 Å². The Balaban J connectivity index is 0.737. The van der Waals surface area contributed by atoms with Crippen molar-refractivity contribution in [3.8, 4) is 0 Å². The lowest BCUT2D eigenvalue weighted by Crippen LogP contribution is -2.67. The molecule has 4 saturated carbocycles. The van der Waals surface area contributed by atoms with Crippen molar-refractivity contribution in [3.63, 3.8) is 0 Å². The van der Waals surface area contributed by atoms with Crippen LogP contribution in [0.2, 0.25) is 0 Å². The molecule has 26 atom stereocenters. The summed E-state index contributed by atoms with van der Waals surface area (Å²) in [4.78, 5) is 12.0. The first kappa shape index (κ1) is 49.5. The number of carbonyl (C=O) groups excluding carboxylic acids is 1. The predicted octanol–water partition coefficient (Wildman–Crippen LogP) is 0.0423. The van der Waals surface area contributed by atoms with Crippen LogP contribution in [0.5, 0.6) is 0 Å². The Morgan fingerprint density at radius 3 is 1.77 bits per heavy atom. The molecule has 5 heterocycles. The summed E-state index contributed by atoms with van der Waals surface area (Å²) in [5, 5.41) is 98.4. The number of hydrogen-bond donors (Lipinski definition) is 9. The highest BCUT2D eigenvalue weighted by Gasteiger charge is 2.71. The van der Waals surface area contributed by atoms with Crippen molar-refractivity contribution in [3.05, 3.63) is 11.6 Å². The minimum Gasteiger partial charge on any atom is -0.458 e. The van der Waals surface area contributed by atoms with Gasteiger partial charge in [-0.15, -0.1) is 0 Å². The Bertz CT molecular complexity index is 1720. The van der Waals surface area contributed by atoms with Crippen LogP contribution >= 0.6 is 0 Å². The van der Waals surface area contributed by atoms with Crippen LogP contribution in [0.4, 0.5) is 0 Å². The third-order valence-electron chi connectivity index (χ3n) is 18.1. The molecule has 9 rings (SSSR count). The highest BCUT2D eigenvalue weighted by atomic mass is 16.8. The number of ether oxygens (including phenoxy) is 9. The Labute approximate surface area is 385 Å². The zero-order chi connectivity index (χ0) is 47.2. The molecule has 8 fully saturated rings. The van der Waals surface area contributed by atoms with E-state index in [2.05, 4.69) is 6.92 Å². The van der Waals surface area contributed by atoms with E-state index < -0.39 is 128 Å². The number of carbonyl (C=O) groups is 1. The van der Waals surface area contributed by atoms with Gasteiger partial charge in [0, 0.05) is 30.8 Å². The molecular formula is C47H74O19. The van der Waals surface area contributed by atoms with Crippen LogP contribution in [0.25, 0.3) is 0 Å². The fourth-order valence-corrected chi connectivity index (χ4v) is 14.3. The van der Waals surface area contributed by atoms with E-state index in [0.717, 1.165) is 44.1 Å². The summed E-state index contributed by atoms with van der Waals surface area (Å²) >= 11 is 0. The summed E-state index contributed by atoms with van der Waals surface area (Å²) in [5.74, 6) is 0.0825. The van der Waals surface area contributed by atoms with Gasteiger partial charge in [-0.1, -0.05) is 13.8 Å². The monoisotopic (exact) mass is 942 g/mol. The molecule has 5 aliphatic heterocycles. The minimum absolute atomic E-state index is 0.0188. The normalized spacial score (nSPS) is 55.3. The molecule has 0 bridgehead atoms. The predicted molar refractivity (Wildman–Crippen MR) is 225 cm³/mol. The summed E-state index contributed by atoms with van der Waals surface area (Å²) in [6.45, 7) is 9.11. The largest absolute Gasteiger partial charge is 0.458 e. The second-order valence-electron chi connectivity index (χ2n) is 21.6. The standard InChI is InChI=1S/C47H74O19/c1-20-41(64-36-16-30(50)42(21(2)60-36)65-37-17-31(51)43(22(3)61-37)66-44-40(56)39(55)38(54)32(18-48)63-44)29(49)15-35(59-20)62-25-8-10-45(4)24(13-25)6-7-27-28(45)14-33(52)46(5)26(9-11-47(27,46)57)23-12-34(53)58-19-23/h12,20-22,24-33,35-44,48-52,54-57H,6-11,13-19H2,1-5H3/t20-,21-,22-,24+,25+,26+,27+,28-,29-,30-,31-,32-,33-,35+,36+,37+,38-,39+,40-,41-,42-,43-,44+,45-,46-,47-/m0/s1. The minimum atomic E-state index is -1.65. The summed E-state index contributed by atoms with van der Waals surface area (Å²) < 4.78 is 53.9. The van der Waals surface area contributed by atoms with Crippen LogP contribution in [-0.4, -0.2) is 187 Å². The molecule has 0 aromatic heterocycles. The van der Waals surface area contributed by atoms with E-state index in [9.17, 15) is 50.8 Å². The van der Waals surface area contributed by atoms with E-state index in [1.165, 1.54) is 0 Å². The van der Waals surface area contributed by atoms with E-state index in [1.54, 1.807) is 19.9 Å². The Hall–Kier alpha value is -1.47. The quantitative estimate of drug-likeness (QED) is 0.103. The van der Waals surface area contributed by atoms with Crippen molar-refractivity contribution in [1.82, 2.24) is 0 Å². The molecule has 66 heavy (non-hydrogen) atoms. The van der Waals surface area contributed by atoms with Crippen molar-refractivity contribution < 1.29 is 93.4 Å². The van der Waals surface area contributed by atoms with Crippen LogP contribution in [0.1, 0.15) is 105 Å². The number of fused-ring (bicyclic) bond motifs is 5. The van der Waals surface area contributed by atoms with Crippen LogP contribution in [0, 0.1) is 34.5 Å². The van der Waals surface area contributed by atoms with Crippen LogP contribution in [-0.2, 0) is 47.4 Å². The SMILES string of the molecule is C[C@@H]1O[C@H](O[C@@H]2CC[C@@]3(C)[C@H](CC[C@@H]4[C@@H]3C[C@H](O)[C@]3(C)[C@@H](C5=CC(=O)OC5)CC[C@]43O)C2)C[C@H](O)[C@H]1O[C@@H]1C[C@H](O)[C@@H](O[C@@H]2C[C@H](O)[C@@H](O[C@H]3O[C@@H](CO)[C@H](O)[C@@H](O)[C@@H]3O)[C@H](C)O2)[C@H](C)O1. The fourth-order valence-electron chi connectivity index (χ4n) is 14.3. The van der Waals surface area contributed by atoms with Gasteiger partial charge in [-0.2, -0.15) is 0 Å². The van der Waals surface area contributed by atoms with Gasteiger partial charge < -0.3 is 88.6 Å². The van der Waals surface area contributed by atoms with Gasteiger partial charge in [0.15, 0.2) is 25.2 Å². The molecule has 376 valence electrons. The molecule has 0 spiro atoms. The van der Waals surface area contributed by atoms with E-state index in [4.69, 9.17) is 42.6 Å². The lowest BCUT2D eigenvalue weighted by atomic mass is 9.42. The average molecular weight is 943 g/mol. The third kappa shape index (κ3) is 8.64. The van der Waals surface area contributed by atoms with Crippen molar-refractivity contribution in [2.45, 2.75) is 228 Å². The second kappa shape index (κ2) is 18.9. The highest BCUT2D eigenvalue weighted by Crippen LogP contribution is 2.70. The molecule has 0 amide bonds. The van der Waals surface area contributed by atoms with Gasteiger partial charge >= 0.3 is 5.97 Å². The zero-order valence-corrected chi connectivity index (χ0v) is 38.7. The van der Waals surface area contributed by atoms with Gasteiger partial charge in [0.05, 0.1) is 61.0 Å². The Kier molecular flexibility index (Phi) is 14.2. The van der Waals surface area contributed by atoms with Crippen LogP contribution < -0.4 is 0 Å². The number of aliphatic hydroxyl groups excluding tert-OH is 8. The van der Waals surface area contributed by atoms with Gasteiger partial charge in [-0.3, -0.25) is 0 Å². The number of esters is 1. The average Bonchev–Trinajstić information content (AvgIpc) is 3.82. The van der Waals surface area contributed by atoms with Crippen molar-refractivity contribution in [2.24, 2.45) is 34.5 Å². The number of aliphatic hydroxyl groups is 9. The first-order chi connectivity index (χ1) is 31.2. The maximum Gasteiger partial charge on any atom is 0.331 e. The summed E-state index contributed by atoms with van der Waals surface area (Å²) in [6.07, 6.45) is -10.8. The van der Waals surface area contributed by atoms with E-state index in [-0.39, 0.29) is 61.1 Å². The molecule has 0 radical (unpaired) electrons. The molecule has 0 aromatic carbocycles. The highest BCUT2D eigenvalue weighted by molar-refractivity contribution is 5.85. The summed E-state index contributed by atoms with van der Waals surface area (Å²) in [5.41, 5.74) is -0.989. The van der Waals surface area contributed by atoms with Crippen molar-refractivity contribution in [1.29, 1.82) is 0 Å². The maximum atomic E-state index is 12.6. The molecule has 0 aromatic rings. The Morgan fingerprint density at radius 2 is 1.23 bits per heavy atom. The topological polar surface area (TPSA) is 282 Å². The first-order valence-corrected chi connectivity index (χ1v) is 24.5. The molecule has 9 N–H and O–H groups in total. The smallest absolute Gasteiger partial charge is 0.331 e. The van der Waals surface area contributed by atoms with Crippen molar-refractivity contribution >= 4 is 5.97 Å². The molecule has 19 heteroatoms. The zero-order valence-electron chi connectivity index (χ0n) is 38.7. The maximum absolute atomic E-state index is 12.6. The molecule has 4 saturated heterocycles. The van der Waals surface area contributed by atoms with Gasteiger partial charge in [-0.05, 0) is 107 Å². The Morgan fingerprint density at radius 1 is 0.652 bits per heavy atom. The molecular weight excluding hydrogens is 868 g/mol. The summed E-state index contributed by atoms with van der Waals surface area (Å²) in [7, 11) is 0. The summed E-state index contributed by atoms with van der Waals surface area (Å²) in [6, 6.07) is 0. The molecule has 19 nitrogen and oxygen atoms in total. The second-order valence-corrected chi connectivity index (χ2v) is 21.6. The lowest BCUT2D eigenvalue weighted by Gasteiger charge is -2.65. The van der Waals surface area contributed by atoms with E-state index >= 15 is 0 Å². The molecule has 9 aliphatic rings. The molecule has 0 unspecified atom stereocenters.